The van der Waals surface area contributed by atoms with E-state index < -0.39 is 4.92 Å². The summed E-state index contributed by atoms with van der Waals surface area (Å²) in [5.74, 6) is 0.472. The van der Waals surface area contributed by atoms with Crippen LogP contribution in [0, 0.1) is 10.1 Å². The minimum absolute atomic E-state index is 0.00881. The molecule has 0 aromatic heterocycles. The van der Waals surface area contributed by atoms with Crippen molar-refractivity contribution in [3.05, 3.63) is 34.4 Å². The fourth-order valence-corrected chi connectivity index (χ4v) is 2.57. The zero-order valence-electron chi connectivity index (χ0n) is 13.9. The Hall–Kier alpha value is -2.68. The summed E-state index contributed by atoms with van der Waals surface area (Å²) in [6.45, 7) is 2.59. The van der Waals surface area contributed by atoms with Gasteiger partial charge in [-0.05, 0) is 12.1 Å². The van der Waals surface area contributed by atoms with Gasteiger partial charge < -0.3 is 20.3 Å². The third-order valence-electron chi connectivity index (χ3n) is 3.98. The molecule has 1 saturated heterocycles. The highest BCUT2D eigenvalue weighted by molar-refractivity contribution is 5.78. The Balaban J connectivity index is 1.70. The Morgan fingerprint density at radius 1 is 1.04 bits per heavy atom. The van der Waals surface area contributed by atoms with Crippen LogP contribution in [0.5, 0.6) is 5.75 Å². The van der Waals surface area contributed by atoms with Crippen molar-refractivity contribution < 1.29 is 19.2 Å². The lowest BCUT2D eigenvalue weighted by Crippen LogP contribution is -2.51. The van der Waals surface area contributed by atoms with Crippen molar-refractivity contribution in [1.82, 2.24) is 9.80 Å². The number of ether oxygens (including phenoxy) is 1. The first-order valence-electron chi connectivity index (χ1n) is 8.14. The van der Waals surface area contributed by atoms with Gasteiger partial charge in [-0.1, -0.05) is 0 Å². The van der Waals surface area contributed by atoms with Gasteiger partial charge in [0.05, 0.1) is 18.0 Å². The van der Waals surface area contributed by atoms with E-state index in [1.807, 2.05) is 0 Å². The molecule has 0 spiro atoms. The Morgan fingerprint density at radius 2 is 1.56 bits per heavy atom. The molecule has 2 N–H and O–H groups in total. The molecule has 2 amide bonds. The Labute approximate surface area is 145 Å². The number of carbonyl (C=O) groups excluding carboxylic acids is 2. The van der Waals surface area contributed by atoms with Crippen LogP contribution in [0.25, 0.3) is 0 Å². The van der Waals surface area contributed by atoms with E-state index in [0.717, 1.165) is 0 Å². The van der Waals surface area contributed by atoms with Gasteiger partial charge >= 0.3 is 0 Å². The molecule has 9 heteroatoms. The van der Waals surface area contributed by atoms with E-state index in [0.29, 0.717) is 44.9 Å². The lowest BCUT2D eigenvalue weighted by Gasteiger charge is -2.34. The van der Waals surface area contributed by atoms with Crippen molar-refractivity contribution in [3.63, 3.8) is 0 Å². The monoisotopic (exact) mass is 350 g/mol. The standard InChI is InChI=1S/C16H22N4O5/c17-7-5-15(21)18-8-10-19(11-9-18)16(22)6-12-25-14-3-1-13(2-4-14)20(23)24/h1-4H,5-12,17H2. The number of amides is 2. The highest BCUT2D eigenvalue weighted by Crippen LogP contribution is 2.17. The second-order valence-corrected chi connectivity index (χ2v) is 5.65. The van der Waals surface area contributed by atoms with Crippen LogP contribution in [-0.4, -0.2) is 65.9 Å². The predicted octanol–water partition coefficient (Wildman–Crippen LogP) is 0.383. The van der Waals surface area contributed by atoms with Gasteiger partial charge in [-0.15, -0.1) is 0 Å². The van der Waals surface area contributed by atoms with Gasteiger partial charge in [0, 0.05) is 51.3 Å². The van der Waals surface area contributed by atoms with Crippen LogP contribution in [0.1, 0.15) is 12.8 Å². The molecule has 136 valence electrons. The number of hydrogen-bond donors (Lipinski definition) is 1. The Morgan fingerprint density at radius 3 is 2.04 bits per heavy atom. The maximum Gasteiger partial charge on any atom is 0.269 e. The molecular formula is C16H22N4O5. The average Bonchev–Trinajstić information content (AvgIpc) is 2.62. The molecule has 0 radical (unpaired) electrons. The van der Waals surface area contributed by atoms with Gasteiger partial charge in [-0.2, -0.15) is 0 Å². The molecule has 1 fully saturated rings. The Kier molecular flexibility index (Phi) is 6.70. The first-order valence-corrected chi connectivity index (χ1v) is 8.14. The van der Waals surface area contributed by atoms with E-state index in [-0.39, 0.29) is 30.5 Å². The SMILES string of the molecule is NCCC(=O)N1CCN(C(=O)CCOc2ccc([N+](=O)[O-])cc2)CC1. The summed E-state index contributed by atoms with van der Waals surface area (Å²) in [6, 6.07) is 5.72. The molecule has 25 heavy (non-hydrogen) atoms. The van der Waals surface area contributed by atoms with Crippen LogP contribution >= 0.6 is 0 Å². The molecular weight excluding hydrogens is 328 g/mol. The molecule has 0 bridgehead atoms. The largest absolute Gasteiger partial charge is 0.493 e. The number of nitrogens with zero attached hydrogens (tertiary/aromatic N) is 3. The smallest absolute Gasteiger partial charge is 0.269 e. The Bertz CT molecular complexity index is 611. The van der Waals surface area contributed by atoms with Gasteiger partial charge in [0.1, 0.15) is 5.75 Å². The summed E-state index contributed by atoms with van der Waals surface area (Å²) in [4.78, 5) is 37.5. The molecule has 1 aliphatic rings. The number of nitro groups is 1. The predicted molar refractivity (Wildman–Crippen MR) is 90.0 cm³/mol. The van der Waals surface area contributed by atoms with Gasteiger partial charge in [0.25, 0.3) is 5.69 Å². The molecule has 1 aliphatic heterocycles. The summed E-state index contributed by atoms with van der Waals surface area (Å²) in [5.41, 5.74) is 5.37. The molecule has 0 unspecified atom stereocenters. The number of nitro benzene ring substituents is 1. The fraction of sp³-hybridized carbons (Fsp3) is 0.500. The van der Waals surface area contributed by atoms with Crippen LogP contribution in [-0.2, 0) is 9.59 Å². The van der Waals surface area contributed by atoms with Crippen LogP contribution in [0.4, 0.5) is 5.69 Å². The summed E-state index contributed by atoms with van der Waals surface area (Å²) in [5, 5.41) is 10.6. The van der Waals surface area contributed by atoms with Crippen molar-refractivity contribution >= 4 is 17.5 Å². The van der Waals surface area contributed by atoms with Crippen molar-refractivity contribution in [2.45, 2.75) is 12.8 Å². The molecule has 1 aromatic carbocycles. The van der Waals surface area contributed by atoms with Crippen molar-refractivity contribution in [1.29, 1.82) is 0 Å². The first kappa shape index (κ1) is 18.7. The van der Waals surface area contributed by atoms with E-state index in [1.54, 1.807) is 9.80 Å². The number of benzene rings is 1. The summed E-state index contributed by atoms with van der Waals surface area (Å²) in [6.07, 6.45) is 0.546. The fourth-order valence-electron chi connectivity index (χ4n) is 2.57. The number of piperazine rings is 1. The molecule has 0 atom stereocenters. The van der Waals surface area contributed by atoms with Gasteiger partial charge in [0.2, 0.25) is 11.8 Å². The van der Waals surface area contributed by atoms with Crippen molar-refractivity contribution in [3.8, 4) is 5.75 Å². The van der Waals surface area contributed by atoms with Gasteiger partial charge in [-0.3, -0.25) is 19.7 Å². The first-order chi connectivity index (χ1) is 12.0. The molecule has 1 aromatic rings. The number of nitrogens with two attached hydrogens (primary N) is 1. The maximum atomic E-state index is 12.2. The normalized spacial score (nSPS) is 14.3. The van der Waals surface area contributed by atoms with E-state index in [2.05, 4.69) is 0 Å². The summed E-state index contributed by atoms with van der Waals surface area (Å²) in [7, 11) is 0. The minimum atomic E-state index is -0.481. The molecule has 2 rings (SSSR count). The second-order valence-electron chi connectivity index (χ2n) is 5.65. The average molecular weight is 350 g/mol. The maximum absolute atomic E-state index is 12.2. The topological polar surface area (TPSA) is 119 Å². The van der Waals surface area contributed by atoms with E-state index in [1.165, 1.54) is 24.3 Å². The molecule has 0 aliphatic carbocycles. The van der Waals surface area contributed by atoms with Crippen LogP contribution in [0.2, 0.25) is 0 Å². The summed E-state index contributed by atoms with van der Waals surface area (Å²) < 4.78 is 5.44. The second kappa shape index (κ2) is 8.97. The molecule has 1 heterocycles. The third kappa shape index (κ3) is 5.42. The van der Waals surface area contributed by atoms with Crippen molar-refractivity contribution in [2.24, 2.45) is 5.73 Å². The van der Waals surface area contributed by atoms with Gasteiger partial charge in [0.15, 0.2) is 0 Å². The summed E-state index contributed by atoms with van der Waals surface area (Å²) >= 11 is 0. The van der Waals surface area contributed by atoms with E-state index in [4.69, 9.17) is 10.5 Å². The quantitative estimate of drug-likeness (QED) is 0.561. The molecule has 9 nitrogen and oxygen atoms in total. The molecule has 0 saturated carbocycles. The zero-order chi connectivity index (χ0) is 18.2. The van der Waals surface area contributed by atoms with Crippen LogP contribution in [0.3, 0.4) is 0 Å². The van der Waals surface area contributed by atoms with E-state index in [9.17, 15) is 19.7 Å². The van der Waals surface area contributed by atoms with E-state index >= 15 is 0 Å². The zero-order valence-corrected chi connectivity index (χ0v) is 13.9. The van der Waals surface area contributed by atoms with Crippen LogP contribution in [0.15, 0.2) is 24.3 Å². The van der Waals surface area contributed by atoms with Crippen LogP contribution < -0.4 is 10.5 Å². The highest BCUT2D eigenvalue weighted by atomic mass is 16.6. The minimum Gasteiger partial charge on any atom is -0.493 e. The van der Waals surface area contributed by atoms with Crippen molar-refractivity contribution in [2.75, 3.05) is 39.3 Å². The lowest BCUT2D eigenvalue weighted by molar-refractivity contribution is -0.384. The lowest BCUT2D eigenvalue weighted by atomic mass is 10.2. The third-order valence-corrected chi connectivity index (χ3v) is 3.98. The highest BCUT2D eigenvalue weighted by Gasteiger charge is 2.23. The number of hydrogen-bond acceptors (Lipinski definition) is 6. The number of carbonyl (C=O) groups is 2. The number of non-ortho nitro benzene ring substituents is 1. The van der Waals surface area contributed by atoms with Gasteiger partial charge in [-0.25, -0.2) is 0 Å². The number of rotatable bonds is 7.